The Morgan fingerprint density at radius 3 is 2.70 bits per heavy atom. The zero-order chi connectivity index (χ0) is 14.5. The van der Waals surface area contributed by atoms with Gasteiger partial charge in [0.25, 0.3) is 0 Å². The van der Waals surface area contributed by atoms with Gasteiger partial charge in [0, 0.05) is 18.2 Å². The van der Waals surface area contributed by atoms with Crippen molar-refractivity contribution in [3.63, 3.8) is 0 Å². The lowest BCUT2D eigenvalue weighted by molar-refractivity contribution is -0.394. The maximum Gasteiger partial charge on any atom is 0.490 e. The fraction of sp³-hybridized carbons (Fsp3) is 0.333. The number of aromatic nitrogens is 3. The van der Waals surface area contributed by atoms with Crippen LogP contribution < -0.4 is 0 Å². The number of nitrogens with zero attached hydrogens (tertiary/aromatic N) is 5. The number of hydrogen-bond acceptors (Lipinski definition) is 5. The van der Waals surface area contributed by atoms with Crippen LogP contribution in [0.5, 0.6) is 0 Å². The van der Waals surface area contributed by atoms with Crippen molar-refractivity contribution in [2.24, 2.45) is 0 Å². The summed E-state index contributed by atoms with van der Waals surface area (Å²) in [5.74, 6) is -0.655. The van der Waals surface area contributed by atoms with Crippen molar-refractivity contribution in [2.45, 2.75) is 13.1 Å². The Morgan fingerprint density at radius 2 is 2.10 bits per heavy atom. The third-order valence-electron chi connectivity index (χ3n) is 2.76. The molecule has 2 aromatic rings. The van der Waals surface area contributed by atoms with Crippen molar-refractivity contribution in [2.75, 3.05) is 13.6 Å². The molecule has 0 spiro atoms. The van der Waals surface area contributed by atoms with E-state index in [2.05, 4.69) is 10.1 Å². The Hall–Kier alpha value is -2.35. The van der Waals surface area contributed by atoms with Crippen LogP contribution in [0.3, 0.4) is 0 Å². The van der Waals surface area contributed by atoms with E-state index in [1.165, 1.54) is 23.1 Å². The molecule has 2 rings (SSSR count). The fourth-order valence-corrected chi connectivity index (χ4v) is 1.73. The first-order valence-corrected chi connectivity index (χ1v) is 6.01. The molecular weight excluding hydrogens is 265 g/mol. The molecule has 1 aromatic carbocycles. The Balaban J connectivity index is 1.83. The van der Waals surface area contributed by atoms with E-state index in [0.717, 1.165) is 5.56 Å². The minimum absolute atomic E-state index is 0.258. The van der Waals surface area contributed by atoms with E-state index in [1.54, 1.807) is 12.1 Å². The summed E-state index contributed by atoms with van der Waals surface area (Å²) in [7, 11) is 1.91. The highest BCUT2D eigenvalue weighted by Gasteiger charge is 2.13. The lowest BCUT2D eigenvalue weighted by Gasteiger charge is -2.15. The topological polar surface area (TPSA) is 77.1 Å². The largest absolute Gasteiger partial charge is 0.490 e. The van der Waals surface area contributed by atoms with Gasteiger partial charge < -0.3 is 15.0 Å². The van der Waals surface area contributed by atoms with E-state index >= 15 is 0 Å². The zero-order valence-electron chi connectivity index (χ0n) is 10.9. The predicted octanol–water partition coefficient (Wildman–Crippen LogP) is 1.46. The maximum atomic E-state index is 12.8. The highest BCUT2D eigenvalue weighted by Crippen LogP contribution is 2.06. The SMILES string of the molecule is CN(CCn1cnc([N+](=O)[O-])n1)Cc1ccc(F)cc1. The molecule has 0 unspecified atom stereocenters. The van der Waals surface area contributed by atoms with Gasteiger partial charge >= 0.3 is 5.95 Å². The van der Waals surface area contributed by atoms with Crippen LogP contribution in [-0.4, -0.2) is 38.2 Å². The van der Waals surface area contributed by atoms with Gasteiger partial charge in [-0.1, -0.05) is 17.1 Å². The summed E-state index contributed by atoms with van der Waals surface area (Å²) in [6.07, 6.45) is 1.34. The molecule has 8 heteroatoms. The van der Waals surface area contributed by atoms with E-state index in [-0.39, 0.29) is 5.82 Å². The average Bonchev–Trinajstić information content (AvgIpc) is 2.88. The summed E-state index contributed by atoms with van der Waals surface area (Å²) in [5.41, 5.74) is 0.999. The van der Waals surface area contributed by atoms with Crippen LogP contribution in [-0.2, 0) is 13.1 Å². The number of nitro groups is 1. The molecule has 1 aromatic heterocycles. The second-order valence-electron chi connectivity index (χ2n) is 4.43. The number of likely N-dealkylation sites (N-methyl/N-ethyl adjacent to an activating group) is 1. The molecule has 0 fully saturated rings. The van der Waals surface area contributed by atoms with Gasteiger partial charge in [0.05, 0.1) is 6.54 Å². The molecular formula is C12H14FN5O2. The molecule has 0 aliphatic rings. The Labute approximate surface area is 114 Å². The Morgan fingerprint density at radius 1 is 1.40 bits per heavy atom. The van der Waals surface area contributed by atoms with Crippen molar-refractivity contribution in [3.8, 4) is 0 Å². The molecule has 0 N–H and O–H groups in total. The maximum absolute atomic E-state index is 12.8. The third kappa shape index (κ3) is 3.82. The van der Waals surface area contributed by atoms with Gasteiger partial charge in [-0.2, -0.15) is 4.68 Å². The van der Waals surface area contributed by atoms with Crippen molar-refractivity contribution in [1.82, 2.24) is 19.7 Å². The lowest BCUT2D eigenvalue weighted by Crippen LogP contribution is -2.23. The van der Waals surface area contributed by atoms with Crippen molar-refractivity contribution in [1.29, 1.82) is 0 Å². The van der Waals surface area contributed by atoms with Crippen molar-refractivity contribution in [3.05, 3.63) is 52.1 Å². The van der Waals surface area contributed by atoms with Crippen molar-refractivity contribution < 1.29 is 9.31 Å². The van der Waals surface area contributed by atoms with Crippen LogP contribution in [0.1, 0.15) is 5.56 Å². The number of benzene rings is 1. The molecule has 106 valence electrons. The second-order valence-corrected chi connectivity index (χ2v) is 4.43. The summed E-state index contributed by atoms with van der Waals surface area (Å²) in [5, 5.41) is 14.2. The summed E-state index contributed by atoms with van der Waals surface area (Å²) in [6, 6.07) is 6.30. The van der Waals surface area contributed by atoms with Crippen LogP contribution in [0.15, 0.2) is 30.6 Å². The first-order chi connectivity index (χ1) is 9.54. The van der Waals surface area contributed by atoms with Gasteiger partial charge in [0.2, 0.25) is 6.33 Å². The van der Waals surface area contributed by atoms with Crippen molar-refractivity contribution >= 4 is 5.95 Å². The van der Waals surface area contributed by atoms with E-state index < -0.39 is 10.9 Å². The summed E-state index contributed by atoms with van der Waals surface area (Å²) < 4.78 is 14.2. The molecule has 0 amide bonds. The number of halogens is 1. The molecule has 0 atom stereocenters. The standard InChI is InChI=1S/C12H14FN5O2/c1-16(8-10-2-4-11(13)5-3-10)6-7-17-9-14-12(15-17)18(19)20/h2-5,9H,6-8H2,1H3. The minimum atomic E-state index is -0.626. The van der Waals surface area contributed by atoms with Crippen LogP contribution in [0.2, 0.25) is 0 Å². The zero-order valence-corrected chi connectivity index (χ0v) is 10.9. The number of hydrogen-bond donors (Lipinski definition) is 0. The van der Waals surface area contributed by atoms with Gasteiger partial charge in [-0.3, -0.25) is 0 Å². The van der Waals surface area contributed by atoms with Gasteiger partial charge in [-0.15, -0.1) is 0 Å². The molecule has 20 heavy (non-hydrogen) atoms. The molecule has 7 nitrogen and oxygen atoms in total. The van der Waals surface area contributed by atoms with Crippen LogP contribution in [0.25, 0.3) is 0 Å². The summed E-state index contributed by atoms with van der Waals surface area (Å²) >= 11 is 0. The van der Waals surface area contributed by atoms with Crippen LogP contribution in [0, 0.1) is 15.9 Å². The number of rotatable bonds is 6. The van der Waals surface area contributed by atoms with Crippen LogP contribution in [0.4, 0.5) is 10.3 Å². The van der Waals surface area contributed by atoms with Crippen LogP contribution >= 0.6 is 0 Å². The fourth-order valence-electron chi connectivity index (χ4n) is 1.73. The normalized spacial score (nSPS) is 10.9. The summed E-state index contributed by atoms with van der Waals surface area (Å²) in [4.78, 5) is 15.4. The summed E-state index contributed by atoms with van der Waals surface area (Å²) in [6.45, 7) is 1.81. The molecule has 1 heterocycles. The molecule has 0 bridgehead atoms. The van der Waals surface area contributed by atoms with E-state index in [1.807, 2.05) is 11.9 Å². The van der Waals surface area contributed by atoms with E-state index in [4.69, 9.17) is 0 Å². The van der Waals surface area contributed by atoms with Gasteiger partial charge in [-0.25, -0.2) is 4.39 Å². The smallest absolute Gasteiger partial charge is 0.390 e. The predicted molar refractivity (Wildman–Crippen MR) is 69.4 cm³/mol. The quantitative estimate of drug-likeness (QED) is 0.591. The highest BCUT2D eigenvalue weighted by molar-refractivity contribution is 5.15. The minimum Gasteiger partial charge on any atom is -0.390 e. The third-order valence-corrected chi connectivity index (χ3v) is 2.76. The molecule has 0 aliphatic carbocycles. The molecule has 0 saturated carbocycles. The molecule has 0 radical (unpaired) electrons. The Kier molecular flexibility index (Phi) is 4.36. The van der Waals surface area contributed by atoms with E-state index in [9.17, 15) is 14.5 Å². The first kappa shape index (κ1) is 14.1. The highest BCUT2D eigenvalue weighted by atomic mass is 19.1. The van der Waals surface area contributed by atoms with Gasteiger partial charge in [0.15, 0.2) is 0 Å². The monoisotopic (exact) mass is 279 g/mol. The van der Waals surface area contributed by atoms with E-state index in [0.29, 0.717) is 19.6 Å². The average molecular weight is 279 g/mol. The Bertz CT molecular complexity index is 584. The second kappa shape index (κ2) is 6.20. The van der Waals surface area contributed by atoms with Gasteiger partial charge in [0.1, 0.15) is 5.82 Å². The molecule has 0 saturated heterocycles. The molecule has 0 aliphatic heterocycles. The lowest BCUT2D eigenvalue weighted by atomic mass is 10.2. The first-order valence-electron chi connectivity index (χ1n) is 6.01. The van der Waals surface area contributed by atoms with Gasteiger partial charge in [-0.05, 0) is 29.7 Å².